The molecule has 2 amide bonds. The molecule has 18 heavy (non-hydrogen) atoms. The second-order valence-corrected chi connectivity index (χ2v) is 5.29. The van der Waals surface area contributed by atoms with Crippen LogP contribution in [0.5, 0.6) is 0 Å². The van der Waals surface area contributed by atoms with E-state index in [1.165, 1.54) is 0 Å². The van der Waals surface area contributed by atoms with Crippen molar-refractivity contribution in [1.29, 1.82) is 0 Å². The third-order valence-electron chi connectivity index (χ3n) is 3.61. The molecule has 5 heteroatoms. The van der Waals surface area contributed by atoms with Gasteiger partial charge in [0.25, 0.3) is 0 Å². The van der Waals surface area contributed by atoms with Crippen molar-refractivity contribution >= 4 is 6.03 Å². The molecule has 0 aromatic rings. The van der Waals surface area contributed by atoms with E-state index in [9.17, 15) is 9.90 Å². The van der Waals surface area contributed by atoms with Gasteiger partial charge in [-0.2, -0.15) is 0 Å². The molecule has 0 aromatic heterocycles. The zero-order valence-corrected chi connectivity index (χ0v) is 11.6. The molecule has 1 aliphatic heterocycles. The number of likely N-dealkylation sites (tertiary alicyclic amines) is 1. The van der Waals surface area contributed by atoms with E-state index in [2.05, 4.69) is 12.2 Å². The summed E-state index contributed by atoms with van der Waals surface area (Å²) in [6.45, 7) is 6.43. The minimum absolute atomic E-state index is 0.269. The standard InChI is InChI=1S/C13H27N3O2/c1-3-5-15-11-6-10(7-12(17)4-2)8-16(9-11)13(14)18/h10-12,15,17H,3-9H2,1-2H3,(H2,14,18). The van der Waals surface area contributed by atoms with E-state index >= 15 is 0 Å². The second kappa shape index (κ2) is 7.59. The van der Waals surface area contributed by atoms with E-state index < -0.39 is 0 Å². The molecule has 1 aliphatic rings. The molecular formula is C13H27N3O2. The molecule has 4 N–H and O–H groups in total. The van der Waals surface area contributed by atoms with E-state index in [-0.39, 0.29) is 12.1 Å². The van der Waals surface area contributed by atoms with Crippen molar-refractivity contribution < 1.29 is 9.90 Å². The molecule has 3 unspecified atom stereocenters. The zero-order chi connectivity index (χ0) is 13.5. The Balaban J connectivity index is 2.53. The Hall–Kier alpha value is -0.810. The van der Waals surface area contributed by atoms with Crippen LogP contribution in [0.1, 0.15) is 39.5 Å². The lowest BCUT2D eigenvalue weighted by Gasteiger charge is -2.38. The maximum absolute atomic E-state index is 11.3. The van der Waals surface area contributed by atoms with Gasteiger partial charge in [0.2, 0.25) is 0 Å². The van der Waals surface area contributed by atoms with Gasteiger partial charge in [-0.15, -0.1) is 0 Å². The van der Waals surface area contributed by atoms with Gasteiger partial charge >= 0.3 is 6.03 Å². The van der Waals surface area contributed by atoms with Gasteiger partial charge < -0.3 is 21.1 Å². The quantitative estimate of drug-likeness (QED) is 0.662. The Bertz CT molecular complexity index is 261. The molecule has 0 bridgehead atoms. The van der Waals surface area contributed by atoms with Gasteiger partial charge in [-0.1, -0.05) is 13.8 Å². The normalized spacial score (nSPS) is 26.1. The van der Waals surface area contributed by atoms with E-state index in [1.54, 1.807) is 4.90 Å². The monoisotopic (exact) mass is 257 g/mol. The summed E-state index contributed by atoms with van der Waals surface area (Å²) < 4.78 is 0. The number of aliphatic hydroxyl groups excluding tert-OH is 1. The van der Waals surface area contributed by atoms with Gasteiger partial charge in [-0.25, -0.2) is 4.79 Å². The van der Waals surface area contributed by atoms with Crippen LogP contribution < -0.4 is 11.1 Å². The molecule has 106 valence electrons. The van der Waals surface area contributed by atoms with Crippen molar-refractivity contribution in [3.63, 3.8) is 0 Å². The van der Waals surface area contributed by atoms with Crippen molar-refractivity contribution in [3.05, 3.63) is 0 Å². The number of amides is 2. The van der Waals surface area contributed by atoms with Crippen molar-refractivity contribution in [1.82, 2.24) is 10.2 Å². The third-order valence-corrected chi connectivity index (χ3v) is 3.61. The molecule has 1 fully saturated rings. The number of rotatable bonds is 6. The first kappa shape index (κ1) is 15.2. The summed E-state index contributed by atoms with van der Waals surface area (Å²) >= 11 is 0. The molecular weight excluding hydrogens is 230 g/mol. The predicted molar refractivity (Wildman–Crippen MR) is 72.3 cm³/mol. The Morgan fingerprint density at radius 3 is 2.78 bits per heavy atom. The highest BCUT2D eigenvalue weighted by Gasteiger charge is 2.29. The van der Waals surface area contributed by atoms with Crippen molar-refractivity contribution in [2.24, 2.45) is 11.7 Å². The van der Waals surface area contributed by atoms with Crippen LogP contribution in [0.15, 0.2) is 0 Å². The molecule has 1 rings (SSSR count). The Labute approximate surface area is 110 Å². The lowest BCUT2D eigenvalue weighted by molar-refractivity contribution is 0.0957. The maximum atomic E-state index is 11.3. The first-order valence-corrected chi connectivity index (χ1v) is 7.02. The summed E-state index contributed by atoms with van der Waals surface area (Å²) in [5, 5.41) is 13.2. The zero-order valence-electron chi connectivity index (χ0n) is 11.6. The number of hydrogen-bond acceptors (Lipinski definition) is 3. The summed E-state index contributed by atoms with van der Waals surface area (Å²) in [4.78, 5) is 13.0. The number of piperidine rings is 1. The fourth-order valence-electron chi connectivity index (χ4n) is 2.60. The topological polar surface area (TPSA) is 78.6 Å². The number of carbonyl (C=O) groups is 1. The van der Waals surface area contributed by atoms with Crippen LogP contribution in [0, 0.1) is 5.92 Å². The number of nitrogens with zero attached hydrogens (tertiary/aromatic N) is 1. The van der Waals surface area contributed by atoms with Gasteiger partial charge in [0.1, 0.15) is 0 Å². The first-order chi connectivity index (χ1) is 8.56. The fraction of sp³-hybridized carbons (Fsp3) is 0.923. The van der Waals surface area contributed by atoms with E-state index in [4.69, 9.17) is 5.73 Å². The SMILES string of the molecule is CCCNC1CC(CC(O)CC)CN(C(N)=O)C1. The van der Waals surface area contributed by atoms with E-state index in [0.717, 1.165) is 32.2 Å². The molecule has 3 atom stereocenters. The van der Waals surface area contributed by atoms with Crippen LogP contribution in [0.25, 0.3) is 0 Å². The summed E-state index contributed by atoms with van der Waals surface area (Å²) in [7, 11) is 0. The molecule has 0 radical (unpaired) electrons. The molecule has 0 saturated carbocycles. The largest absolute Gasteiger partial charge is 0.393 e. The second-order valence-electron chi connectivity index (χ2n) is 5.29. The highest BCUT2D eigenvalue weighted by atomic mass is 16.3. The van der Waals surface area contributed by atoms with Crippen molar-refractivity contribution in [2.45, 2.75) is 51.7 Å². The van der Waals surface area contributed by atoms with Gasteiger partial charge in [-0.3, -0.25) is 0 Å². The number of primary amides is 1. The number of urea groups is 1. The Kier molecular flexibility index (Phi) is 6.43. The summed E-state index contributed by atoms with van der Waals surface area (Å²) in [5.41, 5.74) is 5.38. The number of nitrogens with one attached hydrogen (secondary N) is 1. The summed E-state index contributed by atoms with van der Waals surface area (Å²) in [6, 6.07) is -0.0470. The molecule has 0 aliphatic carbocycles. The van der Waals surface area contributed by atoms with Gasteiger partial charge in [0.05, 0.1) is 6.10 Å². The maximum Gasteiger partial charge on any atom is 0.314 e. The minimum atomic E-state index is -0.353. The van der Waals surface area contributed by atoms with Crippen LogP contribution in [0.3, 0.4) is 0 Å². The van der Waals surface area contributed by atoms with Crippen LogP contribution in [-0.4, -0.2) is 47.8 Å². The highest BCUT2D eigenvalue weighted by molar-refractivity contribution is 5.72. The minimum Gasteiger partial charge on any atom is -0.393 e. The van der Waals surface area contributed by atoms with Crippen LogP contribution in [0.4, 0.5) is 4.79 Å². The van der Waals surface area contributed by atoms with Gasteiger partial charge in [0.15, 0.2) is 0 Å². The highest BCUT2D eigenvalue weighted by Crippen LogP contribution is 2.22. The average molecular weight is 257 g/mol. The number of nitrogens with two attached hydrogens (primary N) is 1. The van der Waals surface area contributed by atoms with Crippen molar-refractivity contribution in [2.75, 3.05) is 19.6 Å². The molecule has 0 aromatic carbocycles. The van der Waals surface area contributed by atoms with E-state index in [0.29, 0.717) is 25.0 Å². The average Bonchev–Trinajstić information content (AvgIpc) is 2.35. The molecule has 1 heterocycles. The fourth-order valence-corrected chi connectivity index (χ4v) is 2.60. The third kappa shape index (κ3) is 4.82. The lowest BCUT2D eigenvalue weighted by Crippen LogP contribution is -2.53. The van der Waals surface area contributed by atoms with Crippen LogP contribution in [0.2, 0.25) is 0 Å². The smallest absolute Gasteiger partial charge is 0.314 e. The van der Waals surface area contributed by atoms with Crippen LogP contribution >= 0.6 is 0 Å². The number of carbonyl (C=O) groups excluding carboxylic acids is 1. The first-order valence-electron chi connectivity index (χ1n) is 7.02. The van der Waals surface area contributed by atoms with Gasteiger partial charge in [0, 0.05) is 19.1 Å². The summed E-state index contributed by atoms with van der Waals surface area (Å²) in [6.07, 6.45) is 3.34. The Morgan fingerprint density at radius 2 is 2.22 bits per heavy atom. The molecule has 1 saturated heterocycles. The van der Waals surface area contributed by atoms with Gasteiger partial charge in [-0.05, 0) is 38.1 Å². The Morgan fingerprint density at radius 1 is 1.50 bits per heavy atom. The van der Waals surface area contributed by atoms with Crippen LogP contribution in [-0.2, 0) is 0 Å². The number of aliphatic hydroxyl groups is 1. The lowest BCUT2D eigenvalue weighted by atomic mass is 9.89. The predicted octanol–water partition coefficient (Wildman–Crippen LogP) is 0.916. The van der Waals surface area contributed by atoms with E-state index in [1.807, 2.05) is 6.92 Å². The number of hydrogen-bond donors (Lipinski definition) is 3. The van der Waals surface area contributed by atoms with Crippen molar-refractivity contribution in [3.8, 4) is 0 Å². The molecule has 0 spiro atoms. The molecule has 5 nitrogen and oxygen atoms in total. The summed E-state index contributed by atoms with van der Waals surface area (Å²) in [5.74, 6) is 0.343.